The van der Waals surface area contributed by atoms with Gasteiger partial charge in [0.25, 0.3) is 0 Å². The summed E-state index contributed by atoms with van der Waals surface area (Å²) in [6, 6.07) is 7.10. The highest BCUT2D eigenvalue weighted by molar-refractivity contribution is 5.67. The van der Waals surface area contributed by atoms with Crippen LogP contribution in [-0.2, 0) is 12.6 Å². The first-order valence-electron chi connectivity index (χ1n) is 9.76. The van der Waals surface area contributed by atoms with Gasteiger partial charge < -0.3 is 10.1 Å². The maximum atomic E-state index is 12.9. The molecular formula is C22H28F3N3O. The molecule has 0 aliphatic carbocycles. The van der Waals surface area contributed by atoms with Crippen molar-refractivity contribution in [3.8, 4) is 17.0 Å². The summed E-state index contributed by atoms with van der Waals surface area (Å²) in [5.41, 5.74) is 1.24. The van der Waals surface area contributed by atoms with Crippen LogP contribution in [0.25, 0.3) is 11.3 Å². The summed E-state index contributed by atoms with van der Waals surface area (Å²) in [4.78, 5) is 0. The molecule has 158 valence electrons. The van der Waals surface area contributed by atoms with Crippen LogP contribution >= 0.6 is 0 Å². The van der Waals surface area contributed by atoms with E-state index in [1.807, 2.05) is 6.07 Å². The average Bonchev–Trinajstić information content (AvgIpc) is 2.58. The van der Waals surface area contributed by atoms with Crippen LogP contribution in [0.4, 0.5) is 13.2 Å². The van der Waals surface area contributed by atoms with E-state index in [9.17, 15) is 13.2 Å². The summed E-state index contributed by atoms with van der Waals surface area (Å²) in [7, 11) is 1.35. The quantitative estimate of drug-likeness (QED) is 0.750. The molecule has 2 heterocycles. The third kappa shape index (κ3) is 5.26. The Morgan fingerprint density at radius 2 is 1.69 bits per heavy atom. The Bertz CT molecular complexity index is 845. The number of benzene rings is 1. The Balaban J connectivity index is 1.79. The topological polar surface area (TPSA) is 47.0 Å². The van der Waals surface area contributed by atoms with Crippen LogP contribution in [0, 0.1) is 5.92 Å². The SMILES string of the molecule is COc1cc(C(F)(F)F)ccc1-c1ccc(CC2CC(C)(C)NC(C)(C)C2)nn1. The second-order valence-corrected chi connectivity index (χ2v) is 9.19. The van der Waals surface area contributed by atoms with Crippen LogP contribution in [0.15, 0.2) is 30.3 Å². The van der Waals surface area contributed by atoms with Crippen molar-refractivity contribution in [2.75, 3.05) is 7.11 Å². The van der Waals surface area contributed by atoms with Crippen molar-refractivity contribution in [3.63, 3.8) is 0 Å². The Hall–Kier alpha value is -2.15. The Kier molecular flexibility index (Phi) is 5.64. The zero-order chi connectivity index (χ0) is 21.4. The number of aromatic nitrogens is 2. The van der Waals surface area contributed by atoms with Crippen molar-refractivity contribution >= 4 is 0 Å². The van der Waals surface area contributed by atoms with E-state index >= 15 is 0 Å². The van der Waals surface area contributed by atoms with Gasteiger partial charge in [-0.25, -0.2) is 0 Å². The standard InChI is InChI=1S/C22H28F3N3O/c1-20(2)12-14(13-21(3,4)28-20)10-16-7-9-18(27-26-16)17-8-6-15(22(23,24)25)11-19(17)29-5/h6-9,11,14,28H,10,12-13H2,1-5H3. The maximum Gasteiger partial charge on any atom is 0.416 e. The van der Waals surface area contributed by atoms with Crippen molar-refractivity contribution < 1.29 is 17.9 Å². The predicted octanol–water partition coefficient (Wildman–Crippen LogP) is 5.27. The zero-order valence-corrected chi connectivity index (χ0v) is 17.5. The van der Waals surface area contributed by atoms with Crippen LogP contribution in [0.1, 0.15) is 51.8 Å². The molecule has 1 fully saturated rings. The van der Waals surface area contributed by atoms with Crippen molar-refractivity contribution in [1.29, 1.82) is 0 Å². The van der Waals surface area contributed by atoms with Crippen molar-refractivity contribution in [2.45, 2.75) is 64.2 Å². The summed E-state index contributed by atoms with van der Waals surface area (Å²) in [5, 5.41) is 12.3. The lowest BCUT2D eigenvalue weighted by Gasteiger charge is -2.46. The van der Waals surface area contributed by atoms with Crippen LogP contribution in [0.2, 0.25) is 0 Å². The van der Waals surface area contributed by atoms with Gasteiger partial charge >= 0.3 is 6.18 Å². The molecule has 0 atom stereocenters. The predicted molar refractivity (Wildman–Crippen MR) is 107 cm³/mol. The van der Waals surface area contributed by atoms with Crippen LogP contribution in [0.5, 0.6) is 5.75 Å². The fourth-order valence-electron chi connectivity index (χ4n) is 4.67. The van der Waals surface area contributed by atoms with Crippen molar-refractivity contribution in [3.05, 3.63) is 41.6 Å². The molecule has 3 rings (SSSR count). The van der Waals surface area contributed by atoms with E-state index in [1.54, 1.807) is 6.07 Å². The molecule has 0 radical (unpaired) electrons. The second-order valence-electron chi connectivity index (χ2n) is 9.19. The highest BCUT2D eigenvalue weighted by Crippen LogP contribution is 2.37. The number of ether oxygens (including phenoxy) is 1. The summed E-state index contributed by atoms with van der Waals surface area (Å²) in [6.07, 6.45) is -1.50. The molecule has 29 heavy (non-hydrogen) atoms. The monoisotopic (exact) mass is 407 g/mol. The summed E-state index contributed by atoms with van der Waals surface area (Å²) >= 11 is 0. The van der Waals surface area contributed by atoms with Gasteiger partial charge in [-0.2, -0.15) is 23.4 Å². The van der Waals surface area contributed by atoms with Crippen LogP contribution in [-0.4, -0.2) is 28.4 Å². The maximum absolute atomic E-state index is 12.9. The molecule has 1 saturated heterocycles. The Morgan fingerprint density at radius 3 is 2.21 bits per heavy atom. The van der Waals surface area contributed by atoms with Gasteiger partial charge in [0.05, 0.1) is 24.1 Å². The molecule has 0 spiro atoms. The van der Waals surface area contributed by atoms with Gasteiger partial charge in [0.2, 0.25) is 0 Å². The molecule has 0 saturated carbocycles. The van der Waals surface area contributed by atoms with E-state index in [0.29, 0.717) is 17.2 Å². The number of alkyl halides is 3. The van der Waals surface area contributed by atoms with Gasteiger partial charge in [-0.15, -0.1) is 0 Å². The molecule has 1 aromatic carbocycles. The fraction of sp³-hybridized carbons (Fsp3) is 0.545. The average molecular weight is 407 g/mol. The number of hydrogen-bond donors (Lipinski definition) is 1. The highest BCUT2D eigenvalue weighted by atomic mass is 19.4. The minimum absolute atomic E-state index is 0.0629. The van der Waals surface area contributed by atoms with E-state index in [4.69, 9.17) is 4.74 Å². The number of piperidine rings is 1. The second kappa shape index (κ2) is 7.59. The highest BCUT2D eigenvalue weighted by Gasteiger charge is 2.37. The Morgan fingerprint density at radius 1 is 1.03 bits per heavy atom. The zero-order valence-electron chi connectivity index (χ0n) is 17.5. The first-order valence-corrected chi connectivity index (χ1v) is 9.76. The van der Waals surface area contributed by atoms with Gasteiger partial charge in [-0.3, -0.25) is 0 Å². The summed E-state index contributed by atoms with van der Waals surface area (Å²) in [5.74, 6) is 0.616. The molecular weight excluding hydrogens is 379 g/mol. The van der Waals surface area contributed by atoms with E-state index < -0.39 is 11.7 Å². The van der Waals surface area contributed by atoms with Crippen LogP contribution < -0.4 is 10.1 Å². The molecule has 7 heteroatoms. The number of nitrogens with one attached hydrogen (secondary N) is 1. The van der Waals surface area contributed by atoms with Gasteiger partial charge in [0.15, 0.2) is 0 Å². The lowest BCUT2D eigenvalue weighted by Crippen LogP contribution is -2.58. The molecule has 1 aliphatic rings. The molecule has 1 aliphatic heterocycles. The molecule has 4 nitrogen and oxygen atoms in total. The molecule has 1 aromatic heterocycles. The van der Waals surface area contributed by atoms with E-state index in [-0.39, 0.29) is 16.8 Å². The summed E-state index contributed by atoms with van der Waals surface area (Å²) < 4.78 is 44.0. The van der Waals surface area contributed by atoms with Gasteiger partial charge in [-0.05, 0) is 83.2 Å². The molecule has 0 amide bonds. The third-order valence-corrected chi connectivity index (χ3v) is 5.30. The number of halogens is 3. The largest absolute Gasteiger partial charge is 0.496 e. The van der Waals surface area contributed by atoms with Crippen molar-refractivity contribution in [1.82, 2.24) is 15.5 Å². The normalized spacial score (nSPS) is 19.2. The molecule has 0 unspecified atom stereocenters. The lowest BCUT2D eigenvalue weighted by atomic mass is 9.74. The number of nitrogens with zero attached hydrogens (tertiary/aromatic N) is 2. The number of rotatable bonds is 4. The van der Waals surface area contributed by atoms with Gasteiger partial charge in [-0.1, -0.05) is 0 Å². The third-order valence-electron chi connectivity index (χ3n) is 5.30. The molecule has 2 aromatic rings. The van der Waals surface area contributed by atoms with Gasteiger partial charge in [0, 0.05) is 16.6 Å². The minimum atomic E-state index is -4.42. The van der Waals surface area contributed by atoms with Crippen LogP contribution in [0.3, 0.4) is 0 Å². The van der Waals surface area contributed by atoms with E-state index in [1.165, 1.54) is 13.2 Å². The number of hydrogen-bond acceptors (Lipinski definition) is 4. The van der Waals surface area contributed by atoms with Crippen molar-refractivity contribution in [2.24, 2.45) is 5.92 Å². The summed E-state index contributed by atoms with van der Waals surface area (Å²) in [6.45, 7) is 8.86. The minimum Gasteiger partial charge on any atom is -0.496 e. The Labute approximate surface area is 169 Å². The van der Waals surface area contributed by atoms with E-state index in [2.05, 4.69) is 43.2 Å². The lowest BCUT2D eigenvalue weighted by molar-refractivity contribution is -0.137. The van der Waals surface area contributed by atoms with E-state index in [0.717, 1.165) is 37.1 Å². The molecule has 1 N–H and O–H groups in total. The van der Waals surface area contributed by atoms with Gasteiger partial charge in [0.1, 0.15) is 5.75 Å². The smallest absolute Gasteiger partial charge is 0.416 e. The first-order chi connectivity index (χ1) is 13.4. The molecule has 0 bridgehead atoms. The number of methoxy groups -OCH3 is 1. The fourth-order valence-corrected chi connectivity index (χ4v) is 4.67. The first kappa shape index (κ1) is 21.6.